The second-order valence-corrected chi connectivity index (χ2v) is 5.28. The summed E-state index contributed by atoms with van der Waals surface area (Å²) in [5, 5.41) is 0. The van der Waals surface area contributed by atoms with Gasteiger partial charge in [0, 0.05) is 27.7 Å². The molecule has 0 aromatic carbocycles. The van der Waals surface area contributed by atoms with Gasteiger partial charge in [0.1, 0.15) is 6.10 Å². The lowest BCUT2D eigenvalue weighted by atomic mass is 9.96. The fraction of sp³-hybridized carbons (Fsp3) is 0.733. The van der Waals surface area contributed by atoms with Gasteiger partial charge < -0.3 is 23.7 Å². The molecule has 24 heavy (non-hydrogen) atoms. The van der Waals surface area contributed by atoms with Gasteiger partial charge >= 0.3 is 23.9 Å². The third-order valence-electron chi connectivity index (χ3n) is 3.18. The highest BCUT2D eigenvalue weighted by atomic mass is 16.7. The molecule has 1 saturated heterocycles. The van der Waals surface area contributed by atoms with Crippen molar-refractivity contribution < 1.29 is 42.9 Å². The van der Waals surface area contributed by atoms with Crippen molar-refractivity contribution in [3.8, 4) is 0 Å². The normalized spacial score (nSPS) is 29.3. The fourth-order valence-electron chi connectivity index (χ4n) is 2.44. The summed E-state index contributed by atoms with van der Waals surface area (Å²) in [4.78, 5) is 45.5. The number of esters is 4. The van der Waals surface area contributed by atoms with Crippen molar-refractivity contribution in [1.29, 1.82) is 0 Å². The van der Waals surface area contributed by atoms with Crippen LogP contribution in [0, 0.1) is 0 Å². The van der Waals surface area contributed by atoms with Crippen LogP contribution in [-0.4, -0.2) is 54.6 Å². The Hall–Kier alpha value is -2.16. The SMILES string of the molecule is CC[C@H]1O[C@@H](OC(C)=O)[C@H](OC(C)=O)[C@@H](OC(C)=O)[C@@H]1OC(C)=O. The highest BCUT2D eigenvalue weighted by Crippen LogP contribution is 2.30. The zero-order valence-electron chi connectivity index (χ0n) is 14.3. The van der Waals surface area contributed by atoms with E-state index in [1.807, 2.05) is 0 Å². The summed E-state index contributed by atoms with van der Waals surface area (Å²) in [5.41, 5.74) is 0. The van der Waals surface area contributed by atoms with E-state index in [0.29, 0.717) is 6.42 Å². The average Bonchev–Trinajstić information content (AvgIpc) is 2.42. The molecule has 0 N–H and O–H groups in total. The molecule has 0 amide bonds. The van der Waals surface area contributed by atoms with E-state index in [0.717, 1.165) is 20.8 Å². The highest BCUT2D eigenvalue weighted by molar-refractivity contribution is 5.69. The smallest absolute Gasteiger partial charge is 0.305 e. The number of hydrogen-bond donors (Lipinski definition) is 0. The first-order valence-corrected chi connectivity index (χ1v) is 7.50. The molecule has 0 saturated carbocycles. The Morgan fingerprint density at radius 2 is 1.12 bits per heavy atom. The van der Waals surface area contributed by atoms with Crippen molar-refractivity contribution in [2.45, 2.75) is 71.7 Å². The predicted octanol–water partition coefficient (Wildman–Crippen LogP) is 0.479. The molecule has 0 aromatic heterocycles. The standard InChI is InChI=1S/C15H22O9/c1-6-11-12(20-7(2)16)13(21-8(3)17)14(22-9(4)18)15(24-11)23-10(5)19/h11-15H,6H2,1-5H3/t11-,12-,13+,14-,15-/m1/s1. The second kappa shape index (κ2) is 8.62. The molecule has 1 aliphatic heterocycles. The average molecular weight is 346 g/mol. The van der Waals surface area contributed by atoms with Gasteiger partial charge in [-0.3, -0.25) is 19.2 Å². The lowest BCUT2D eigenvalue weighted by molar-refractivity contribution is -0.296. The molecular formula is C15H22O9. The Morgan fingerprint density at radius 3 is 1.54 bits per heavy atom. The number of carbonyl (C=O) groups is 4. The minimum Gasteiger partial charge on any atom is -0.456 e. The van der Waals surface area contributed by atoms with E-state index in [9.17, 15) is 19.2 Å². The molecule has 1 aliphatic rings. The fourth-order valence-corrected chi connectivity index (χ4v) is 2.44. The molecule has 9 heteroatoms. The summed E-state index contributed by atoms with van der Waals surface area (Å²) in [6.07, 6.45) is -5.06. The molecule has 0 unspecified atom stereocenters. The van der Waals surface area contributed by atoms with Gasteiger partial charge in [0.2, 0.25) is 12.4 Å². The molecule has 0 radical (unpaired) electrons. The third-order valence-corrected chi connectivity index (χ3v) is 3.18. The molecular weight excluding hydrogens is 324 g/mol. The Labute approximate surface area is 139 Å². The first-order valence-electron chi connectivity index (χ1n) is 7.50. The van der Waals surface area contributed by atoms with Gasteiger partial charge in [-0.15, -0.1) is 0 Å². The zero-order valence-corrected chi connectivity index (χ0v) is 14.3. The summed E-state index contributed by atoms with van der Waals surface area (Å²) >= 11 is 0. The molecule has 1 fully saturated rings. The van der Waals surface area contributed by atoms with Crippen molar-refractivity contribution in [3.63, 3.8) is 0 Å². The summed E-state index contributed by atoms with van der Waals surface area (Å²) in [5.74, 6) is -2.66. The molecule has 1 heterocycles. The van der Waals surface area contributed by atoms with Crippen LogP contribution in [0.25, 0.3) is 0 Å². The predicted molar refractivity (Wildman–Crippen MR) is 77.4 cm³/mol. The van der Waals surface area contributed by atoms with Crippen molar-refractivity contribution in [1.82, 2.24) is 0 Å². The number of ether oxygens (including phenoxy) is 5. The topological polar surface area (TPSA) is 114 Å². The van der Waals surface area contributed by atoms with Crippen LogP contribution in [0.5, 0.6) is 0 Å². The monoisotopic (exact) mass is 346 g/mol. The van der Waals surface area contributed by atoms with Crippen LogP contribution in [0.1, 0.15) is 41.0 Å². The lowest BCUT2D eigenvalue weighted by Gasteiger charge is -2.43. The molecule has 5 atom stereocenters. The van der Waals surface area contributed by atoms with Crippen LogP contribution < -0.4 is 0 Å². The van der Waals surface area contributed by atoms with E-state index >= 15 is 0 Å². The van der Waals surface area contributed by atoms with Gasteiger partial charge in [0.15, 0.2) is 12.2 Å². The van der Waals surface area contributed by atoms with E-state index in [2.05, 4.69) is 0 Å². The summed E-state index contributed by atoms with van der Waals surface area (Å²) in [7, 11) is 0. The van der Waals surface area contributed by atoms with Gasteiger partial charge in [-0.05, 0) is 6.42 Å². The highest BCUT2D eigenvalue weighted by Gasteiger charge is 2.52. The molecule has 9 nitrogen and oxygen atoms in total. The van der Waals surface area contributed by atoms with Crippen LogP contribution in [0.3, 0.4) is 0 Å². The maximum Gasteiger partial charge on any atom is 0.305 e. The first kappa shape index (κ1) is 19.9. The van der Waals surface area contributed by atoms with Gasteiger partial charge in [0.05, 0.1) is 0 Å². The van der Waals surface area contributed by atoms with Crippen molar-refractivity contribution >= 4 is 23.9 Å². The van der Waals surface area contributed by atoms with E-state index in [1.54, 1.807) is 6.92 Å². The molecule has 1 rings (SSSR count). The van der Waals surface area contributed by atoms with Gasteiger partial charge in [-0.2, -0.15) is 0 Å². The van der Waals surface area contributed by atoms with Crippen LogP contribution >= 0.6 is 0 Å². The Kier molecular flexibility index (Phi) is 7.15. The van der Waals surface area contributed by atoms with Gasteiger partial charge in [0.25, 0.3) is 0 Å². The molecule has 136 valence electrons. The molecule has 0 aromatic rings. The Bertz CT molecular complexity index is 501. The maximum absolute atomic E-state index is 11.4. The van der Waals surface area contributed by atoms with Gasteiger partial charge in [-0.1, -0.05) is 6.92 Å². The van der Waals surface area contributed by atoms with E-state index < -0.39 is 54.6 Å². The lowest BCUT2D eigenvalue weighted by Crippen LogP contribution is -2.61. The van der Waals surface area contributed by atoms with Crippen molar-refractivity contribution in [3.05, 3.63) is 0 Å². The van der Waals surface area contributed by atoms with E-state index in [1.165, 1.54) is 6.92 Å². The summed E-state index contributed by atoms with van der Waals surface area (Å²) in [6, 6.07) is 0. The van der Waals surface area contributed by atoms with Crippen LogP contribution in [0.4, 0.5) is 0 Å². The second-order valence-electron chi connectivity index (χ2n) is 5.28. The van der Waals surface area contributed by atoms with E-state index in [-0.39, 0.29) is 0 Å². The van der Waals surface area contributed by atoms with Crippen LogP contribution in [-0.2, 0) is 42.9 Å². The molecule has 0 spiro atoms. The number of carbonyl (C=O) groups excluding carboxylic acids is 4. The Morgan fingerprint density at radius 1 is 0.708 bits per heavy atom. The molecule has 0 bridgehead atoms. The Balaban J connectivity index is 3.23. The van der Waals surface area contributed by atoms with E-state index in [4.69, 9.17) is 23.7 Å². The number of hydrogen-bond acceptors (Lipinski definition) is 9. The molecule has 0 aliphatic carbocycles. The summed E-state index contributed by atoms with van der Waals surface area (Å²) < 4.78 is 26.1. The largest absolute Gasteiger partial charge is 0.456 e. The first-order chi connectivity index (χ1) is 11.1. The van der Waals surface area contributed by atoms with Crippen LogP contribution in [0.2, 0.25) is 0 Å². The minimum absolute atomic E-state index is 0.375. The van der Waals surface area contributed by atoms with Crippen molar-refractivity contribution in [2.24, 2.45) is 0 Å². The number of rotatable bonds is 5. The third kappa shape index (κ3) is 5.48. The zero-order chi connectivity index (χ0) is 18.4. The minimum atomic E-state index is -1.28. The van der Waals surface area contributed by atoms with Gasteiger partial charge in [-0.25, -0.2) is 0 Å². The quantitative estimate of drug-likeness (QED) is 0.518. The summed E-state index contributed by atoms with van der Waals surface area (Å²) in [6.45, 7) is 6.41. The van der Waals surface area contributed by atoms with Crippen LogP contribution in [0.15, 0.2) is 0 Å². The maximum atomic E-state index is 11.4. The van der Waals surface area contributed by atoms with Crippen molar-refractivity contribution in [2.75, 3.05) is 0 Å².